The van der Waals surface area contributed by atoms with E-state index in [-0.39, 0.29) is 11.5 Å². The summed E-state index contributed by atoms with van der Waals surface area (Å²) in [6, 6.07) is 13.3. The first-order valence-corrected chi connectivity index (χ1v) is 10.0. The lowest BCUT2D eigenvalue weighted by Crippen LogP contribution is -2.36. The zero-order valence-electron chi connectivity index (χ0n) is 14.8. The number of sulfonamides is 1. The third-order valence-electron chi connectivity index (χ3n) is 5.65. The molecule has 1 aliphatic carbocycles. The third-order valence-corrected chi connectivity index (χ3v) is 7.56. The molecule has 2 bridgehead atoms. The molecule has 0 aromatic heterocycles. The summed E-state index contributed by atoms with van der Waals surface area (Å²) in [5.41, 5.74) is 3.36. The molecule has 1 saturated heterocycles. The van der Waals surface area contributed by atoms with Gasteiger partial charge in [-0.25, -0.2) is 8.42 Å². The highest BCUT2D eigenvalue weighted by molar-refractivity contribution is 7.89. The molecule has 2 aromatic carbocycles. The standard InChI is InChI=1S/C20H23NO3S/c1-14-4-8-18(9-5-14)25(22,23)21-13-20(2)12-16(21)10-15-6-7-17(24-3)11-19(15)20/h4-9,11,16H,10,12-13H2,1-3H3/t16-,20+/m0/s1. The van der Waals surface area contributed by atoms with Gasteiger partial charge < -0.3 is 4.74 Å². The van der Waals surface area contributed by atoms with E-state index in [0.29, 0.717) is 11.4 Å². The Balaban J connectivity index is 1.73. The highest BCUT2D eigenvalue weighted by Crippen LogP contribution is 2.47. The van der Waals surface area contributed by atoms with Gasteiger partial charge in [0, 0.05) is 18.0 Å². The molecule has 1 fully saturated rings. The maximum absolute atomic E-state index is 13.2. The van der Waals surface area contributed by atoms with Crippen molar-refractivity contribution in [3.63, 3.8) is 0 Å². The van der Waals surface area contributed by atoms with Crippen molar-refractivity contribution < 1.29 is 13.2 Å². The van der Waals surface area contributed by atoms with Crippen LogP contribution < -0.4 is 4.74 Å². The van der Waals surface area contributed by atoms with Crippen LogP contribution in [0.1, 0.15) is 30.0 Å². The summed E-state index contributed by atoms with van der Waals surface area (Å²) < 4.78 is 33.5. The quantitative estimate of drug-likeness (QED) is 0.847. The van der Waals surface area contributed by atoms with Crippen LogP contribution in [0.4, 0.5) is 0 Å². The van der Waals surface area contributed by atoms with Crippen molar-refractivity contribution in [1.29, 1.82) is 0 Å². The zero-order valence-corrected chi connectivity index (χ0v) is 15.6. The van der Waals surface area contributed by atoms with E-state index in [1.165, 1.54) is 11.1 Å². The Hall–Kier alpha value is -1.85. The van der Waals surface area contributed by atoms with E-state index in [9.17, 15) is 8.42 Å². The van der Waals surface area contributed by atoms with Crippen LogP contribution in [0.5, 0.6) is 5.75 Å². The molecule has 0 N–H and O–H groups in total. The summed E-state index contributed by atoms with van der Waals surface area (Å²) in [5, 5.41) is 0. The average molecular weight is 357 g/mol. The Bertz CT molecular complexity index is 920. The maximum atomic E-state index is 13.2. The Morgan fingerprint density at radius 3 is 2.56 bits per heavy atom. The fraction of sp³-hybridized carbons (Fsp3) is 0.400. The third kappa shape index (κ3) is 2.57. The van der Waals surface area contributed by atoms with Crippen molar-refractivity contribution in [2.24, 2.45) is 0 Å². The second kappa shape index (κ2) is 5.58. The maximum Gasteiger partial charge on any atom is 0.243 e. The van der Waals surface area contributed by atoms with Gasteiger partial charge in [0.25, 0.3) is 0 Å². The number of hydrogen-bond acceptors (Lipinski definition) is 3. The van der Waals surface area contributed by atoms with Gasteiger partial charge in [-0.1, -0.05) is 30.7 Å². The van der Waals surface area contributed by atoms with E-state index in [1.54, 1.807) is 23.5 Å². The molecule has 5 heteroatoms. The van der Waals surface area contributed by atoms with Gasteiger partial charge in [-0.3, -0.25) is 0 Å². The van der Waals surface area contributed by atoms with Crippen molar-refractivity contribution in [1.82, 2.24) is 4.31 Å². The molecule has 0 saturated carbocycles. The van der Waals surface area contributed by atoms with Crippen molar-refractivity contribution in [3.05, 3.63) is 59.2 Å². The van der Waals surface area contributed by atoms with Crippen molar-refractivity contribution in [2.45, 2.75) is 43.0 Å². The van der Waals surface area contributed by atoms with Gasteiger partial charge in [-0.2, -0.15) is 4.31 Å². The molecule has 25 heavy (non-hydrogen) atoms. The van der Waals surface area contributed by atoms with Gasteiger partial charge in [-0.05, 0) is 55.2 Å². The minimum Gasteiger partial charge on any atom is -0.497 e. The summed E-state index contributed by atoms with van der Waals surface area (Å²) in [5.74, 6) is 0.832. The molecule has 1 heterocycles. The Labute approximate surface area is 149 Å². The number of hydrogen-bond donors (Lipinski definition) is 0. The number of ether oxygens (including phenoxy) is 1. The Morgan fingerprint density at radius 1 is 1.16 bits per heavy atom. The number of rotatable bonds is 3. The van der Waals surface area contributed by atoms with Crippen LogP contribution >= 0.6 is 0 Å². The molecule has 0 spiro atoms. The average Bonchev–Trinajstić information content (AvgIpc) is 2.88. The molecule has 4 rings (SSSR count). The fourth-order valence-corrected chi connectivity index (χ4v) is 6.08. The molecule has 2 aliphatic rings. The van der Waals surface area contributed by atoms with Crippen molar-refractivity contribution >= 4 is 10.0 Å². The van der Waals surface area contributed by atoms with Crippen LogP contribution in [0.15, 0.2) is 47.4 Å². The lowest BCUT2D eigenvalue weighted by atomic mass is 9.73. The predicted molar refractivity (Wildman–Crippen MR) is 97.5 cm³/mol. The second-order valence-electron chi connectivity index (χ2n) is 7.51. The van der Waals surface area contributed by atoms with Gasteiger partial charge in [0.2, 0.25) is 10.0 Å². The van der Waals surface area contributed by atoms with Gasteiger partial charge in [0.15, 0.2) is 0 Å². The van der Waals surface area contributed by atoms with Crippen LogP contribution in [-0.4, -0.2) is 32.4 Å². The lowest BCUT2D eigenvalue weighted by Gasteiger charge is -2.31. The predicted octanol–water partition coefficient (Wildman–Crippen LogP) is 3.28. The van der Waals surface area contributed by atoms with E-state index in [0.717, 1.165) is 24.2 Å². The Morgan fingerprint density at radius 2 is 1.88 bits per heavy atom. The number of aryl methyl sites for hydroxylation is 1. The van der Waals surface area contributed by atoms with Crippen LogP contribution in [0.2, 0.25) is 0 Å². The van der Waals surface area contributed by atoms with Gasteiger partial charge >= 0.3 is 0 Å². The molecule has 1 aliphatic heterocycles. The molecule has 0 amide bonds. The monoisotopic (exact) mass is 357 g/mol. The number of benzene rings is 2. The molecular formula is C20H23NO3S. The Kier molecular flexibility index (Phi) is 3.71. The SMILES string of the molecule is COc1ccc2c(c1)[C@]1(C)C[C@H](C2)N(S(=O)(=O)c2ccc(C)cc2)C1. The molecular weight excluding hydrogens is 334 g/mol. The summed E-state index contributed by atoms with van der Waals surface area (Å²) in [6.07, 6.45) is 1.62. The highest BCUT2D eigenvalue weighted by atomic mass is 32.2. The van der Waals surface area contributed by atoms with Crippen LogP contribution in [-0.2, 0) is 21.9 Å². The molecule has 4 nitrogen and oxygen atoms in total. The topological polar surface area (TPSA) is 46.6 Å². The first-order valence-electron chi connectivity index (χ1n) is 8.59. The molecule has 2 atom stereocenters. The summed E-state index contributed by atoms with van der Waals surface area (Å²) in [7, 11) is -1.81. The van der Waals surface area contributed by atoms with E-state index >= 15 is 0 Å². The van der Waals surface area contributed by atoms with Crippen LogP contribution in [0.25, 0.3) is 0 Å². The lowest BCUT2D eigenvalue weighted by molar-refractivity contribution is 0.386. The number of methoxy groups -OCH3 is 1. The number of fused-ring (bicyclic) bond motifs is 4. The van der Waals surface area contributed by atoms with Crippen LogP contribution in [0, 0.1) is 6.92 Å². The summed E-state index contributed by atoms with van der Waals surface area (Å²) in [6.45, 7) is 4.65. The largest absolute Gasteiger partial charge is 0.497 e. The molecule has 0 radical (unpaired) electrons. The van der Waals surface area contributed by atoms with Gasteiger partial charge in [0.1, 0.15) is 5.75 Å². The summed E-state index contributed by atoms with van der Waals surface area (Å²) in [4.78, 5) is 0.385. The highest BCUT2D eigenvalue weighted by Gasteiger charge is 2.50. The van der Waals surface area contributed by atoms with Gasteiger partial charge in [-0.15, -0.1) is 0 Å². The summed E-state index contributed by atoms with van der Waals surface area (Å²) >= 11 is 0. The molecule has 2 aromatic rings. The van der Waals surface area contributed by atoms with E-state index in [1.807, 2.05) is 25.1 Å². The minimum absolute atomic E-state index is 0.0252. The van der Waals surface area contributed by atoms with Crippen LogP contribution in [0.3, 0.4) is 0 Å². The van der Waals surface area contributed by atoms with E-state index in [4.69, 9.17) is 4.74 Å². The molecule has 132 valence electrons. The first-order chi connectivity index (χ1) is 11.8. The smallest absolute Gasteiger partial charge is 0.243 e. The first kappa shape index (κ1) is 16.6. The fourth-order valence-electron chi connectivity index (χ4n) is 4.33. The minimum atomic E-state index is -3.48. The zero-order chi connectivity index (χ0) is 17.8. The van der Waals surface area contributed by atoms with Crippen molar-refractivity contribution in [2.75, 3.05) is 13.7 Å². The second-order valence-corrected chi connectivity index (χ2v) is 9.40. The van der Waals surface area contributed by atoms with E-state index < -0.39 is 10.0 Å². The van der Waals surface area contributed by atoms with E-state index in [2.05, 4.69) is 19.1 Å². The van der Waals surface area contributed by atoms with Crippen molar-refractivity contribution in [3.8, 4) is 5.75 Å². The number of nitrogens with zero attached hydrogens (tertiary/aromatic N) is 1. The normalized spacial score (nSPS) is 25.6. The molecule has 0 unspecified atom stereocenters. The van der Waals surface area contributed by atoms with Gasteiger partial charge in [0.05, 0.1) is 12.0 Å².